The summed E-state index contributed by atoms with van der Waals surface area (Å²) >= 11 is 0. The highest BCUT2D eigenvalue weighted by molar-refractivity contribution is 5.91. The monoisotopic (exact) mass is 259 g/mol. The van der Waals surface area contributed by atoms with Crippen molar-refractivity contribution in [2.75, 3.05) is 6.61 Å². The first kappa shape index (κ1) is 12.7. The molecule has 19 heavy (non-hydrogen) atoms. The molecule has 1 aromatic carbocycles. The predicted molar refractivity (Wildman–Crippen MR) is 73.7 cm³/mol. The summed E-state index contributed by atoms with van der Waals surface area (Å²) in [4.78, 5) is 12.6. The molecule has 0 bridgehead atoms. The zero-order chi connectivity index (χ0) is 13.3. The van der Waals surface area contributed by atoms with Crippen LogP contribution >= 0.6 is 0 Å². The zero-order valence-electron chi connectivity index (χ0n) is 11.1. The Hall–Kier alpha value is -1.35. The molecule has 0 saturated heterocycles. The van der Waals surface area contributed by atoms with E-state index in [0.717, 1.165) is 18.4 Å². The fraction of sp³-hybridized carbons (Fsp3) is 0.562. The number of hydrogen-bond donors (Lipinski definition) is 2. The van der Waals surface area contributed by atoms with Gasteiger partial charge in [0, 0.05) is 12.6 Å². The van der Waals surface area contributed by atoms with Crippen molar-refractivity contribution < 1.29 is 9.90 Å². The fourth-order valence-corrected chi connectivity index (χ4v) is 2.90. The van der Waals surface area contributed by atoms with Crippen LogP contribution in [-0.2, 0) is 10.2 Å². The second-order valence-corrected chi connectivity index (χ2v) is 5.88. The first-order chi connectivity index (χ1) is 9.26. The highest BCUT2D eigenvalue weighted by atomic mass is 16.3. The lowest BCUT2D eigenvalue weighted by molar-refractivity contribution is -0.124. The average molecular weight is 259 g/mol. The van der Waals surface area contributed by atoms with Gasteiger partial charge in [0.2, 0.25) is 5.91 Å². The normalized spacial score (nSPS) is 21.7. The molecule has 0 heterocycles. The van der Waals surface area contributed by atoms with Crippen LogP contribution in [0.2, 0.25) is 0 Å². The van der Waals surface area contributed by atoms with Crippen molar-refractivity contribution in [1.82, 2.24) is 5.32 Å². The summed E-state index contributed by atoms with van der Waals surface area (Å²) in [6.07, 6.45) is 4.94. The van der Waals surface area contributed by atoms with Gasteiger partial charge in [0.1, 0.15) is 0 Å². The summed E-state index contributed by atoms with van der Waals surface area (Å²) in [6.45, 7) is 0.153. The predicted octanol–water partition coefficient (Wildman–Crippen LogP) is 2.00. The molecule has 2 aliphatic rings. The molecular weight excluding hydrogens is 238 g/mol. The van der Waals surface area contributed by atoms with Crippen LogP contribution in [0.1, 0.15) is 37.7 Å². The van der Waals surface area contributed by atoms with Crippen molar-refractivity contribution in [2.24, 2.45) is 5.92 Å². The number of aliphatic hydroxyl groups excluding tert-OH is 1. The van der Waals surface area contributed by atoms with Crippen molar-refractivity contribution in [3.05, 3.63) is 35.9 Å². The van der Waals surface area contributed by atoms with Crippen molar-refractivity contribution in [3.8, 4) is 0 Å². The van der Waals surface area contributed by atoms with E-state index >= 15 is 0 Å². The van der Waals surface area contributed by atoms with Crippen LogP contribution < -0.4 is 5.32 Å². The summed E-state index contributed by atoms with van der Waals surface area (Å²) in [6, 6.07) is 10.2. The minimum absolute atomic E-state index is 0.153. The maximum atomic E-state index is 12.6. The van der Waals surface area contributed by atoms with E-state index < -0.39 is 0 Å². The van der Waals surface area contributed by atoms with E-state index in [2.05, 4.69) is 5.32 Å². The topological polar surface area (TPSA) is 49.3 Å². The third-order valence-electron chi connectivity index (χ3n) is 4.46. The standard InChI is InChI=1S/C16H21NO2/c18-11-8-14(12-6-7-12)17-15(19)16(9-10-16)13-4-2-1-3-5-13/h1-5,12,14,18H,6-11H2,(H,17,19). The second kappa shape index (κ2) is 4.97. The van der Waals surface area contributed by atoms with Gasteiger partial charge in [-0.3, -0.25) is 4.79 Å². The number of amides is 1. The van der Waals surface area contributed by atoms with E-state index in [0.29, 0.717) is 12.3 Å². The minimum atomic E-state index is -0.288. The molecule has 3 nitrogen and oxygen atoms in total. The van der Waals surface area contributed by atoms with Gasteiger partial charge in [0.15, 0.2) is 0 Å². The maximum Gasteiger partial charge on any atom is 0.230 e. The van der Waals surface area contributed by atoms with E-state index in [1.54, 1.807) is 0 Å². The lowest BCUT2D eigenvalue weighted by Gasteiger charge is -2.22. The number of nitrogens with one attached hydrogen (secondary N) is 1. The molecule has 1 atom stereocenters. The highest BCUT2D eigenvalue weighted by Crippen LogP contribution is 2.48. The summed E-state index contributed by atoms with van der Waals surface area (Å²) in [5, 5.41) is 12.3. The second-order valence-electron chi connectivity index (χ2n) is 5.88. The Balaban J connectivity index is 1.70. The first-order valence-corrected chi connectivity index (χ1v) is 7.23. The summed E-state index contributed by atoms with van der Waals surface area (Å²) in [7, 11) is 0. The van der Waals surface area contributed by atoms with Gasteiger partial charge in [0.05, 0.1) is 5.41 Å². The molecule has 0 aromatic heterocycles. The highest BCUT2D eigenvalue weighted by Gasteiger charge is 2.52. The quantitative estimate of drug-likeness (QED) is 0.821. The van der Waals surface area contributed by atoms with Crippen molar-refractivity contribution in [3.63, 3.8) is 0 Å². The lowest BCUT2D eigenvalue weighted by Crippen LogP contribution is -2.43. The van der Waals surface area contributed by atoms with Gasteiger partial charge in [-0.1, -0.05) is 30.3 Å². The number of carbonyl (C=O) groups is 1. The first-order valence-electron chi connectivity index (χ1n) is 7.23. The number of rotatable bonds is 6. The Morgan fingerprint density at radius 2 is 2.00 bits per heavy atom. The molecule has 1 unspecified atom stereocenters. The van der Waals surface area contributed by atoms with Gasteiger partial charge in [-0.25, -0.2) is 0 Å². The van der Waals surface area contributed by atoms with Crippen LogP contribution in [0.5, 0.6) is 0 Å². The van der Waals surface area contributed by atoms with Gasteiger partial charge in [-0.2, -0.15) is 0 Å². The molecule has 2 fully saturated rings. The number of benzene rings is 1. The van der Waals surface area contributed by atoms with Crippen LogP contribution in [-0.4, -0.2) is 23.7 Å². The molecule has 102 valence electrons. The van der Waals surface area contributed by atoms with Gasteiger partial charge in [0.25, 0.3) is 0 Å². The molecule has 0 aliphatic heterocycles. The summed E-state index contributed by atoms with van der Waals surface area (Å²) < 4.78 is 0. The molecular formula is C16H21NO2. The Morgan fingerprint density at radius 3 is 2.53 bits per heavy atom. The third kappa shape index (κ3) is 2.52. The van der Waals surface area contributed by atoms with Crippen LogP contribution in [0.3, 0.4) is 0 Å². The molecule has 1 amide bonds. The Morgan fingerprint density at radius 1 is 1.32 bits per heavy atom. The molecule has 2 aliphatic carbocycles. The van der Waals surface area contributed by atoms with Crippen LogP contribution in [0.25, 0.3) is 0 Å². The van der Waals surface area contributed by atoms with E-state index in [-0.39, 0.29) is 24.0 Å². The Labute approximate surface area is 114 Å². The molecule has 2 N–H and O–H groups in total. The van der Waals surface area contributed by atoms with Gasteiger partial charge < -0.3 is 10.4 Å². The van der Waals surface area contributed by atoms with E-state index in [1.165, 1.54) is 12.8 Å². The Kier molecular flexibility index (Phi) is 3.31. The van der Waals surface area contributed by atoms with Gasteiger partial charge in [-0.15, -0.1) is 0 Å². The Bertz CT molecular complexity index is 449. The number of aliphatic hydroxyl groups is 1. The van der Waals surface area contributed by atoms with Gasteiger partial charge in [-0.05, 0) is 43.6 Å². The van der Waals surface area contributed by atoms with E-state index in [9.17, 15) is 4.79 Å². The largest absolute Gasteiger partial charge is 0.396 e. The molecule has 3 heteroatoms. The van der Waals surface area contributed by atoms with Crippen LogP contribution in [0.4, 0.5) is 0 Å². The third-order valence-corrected chi connectivity index (χ3v) is 4.46. The molecule has 1 aromatic rings. The van der Waals surface area contributed by atoms with Crippen LogP contribution in [0.15, 0.2) is 30.3 Å². The van der Waals surface area contributed by atoms with E-state index in [1.807, 2.05) is 30.3 Å². The summed E-state index contributed by atoms with van der Waals surface area (Å²) in [5.41, 5.74) is 0.843. The summed E-state index contributed by atoms with van der Waals surface area (Å²) in [5.74, 6) is 0.742. The number of hydrogen-bond acceptors (Lipinski definition) is 2. The fourth-order valence-electron chi connectivity index (χ4n) is 2.90. The molecule has 2 saturated carbocycles. The number of carbonyl (C=O) groups excluding carboxylic acids is 1. The average Bonchev–Trinajstić information content (AvgIpc) is 3.31. The smallest absolute Gasteiger partial charge is 0.230 e. The SMILES string of the molecule is O=C(NC(CCO)C1CC1)C1(c2ccccc2)CC1. The molecule has 3 rings (SSSR count). The van der Waals surface area contributed by atoms with Crippen molar-refractivity contribution >= 4 is 5.91 Å². The van der Waals surface area contributed by atoms with Crippen LogP contribution in [0, 0.1) is 5.92 Å². The molecule has 0 radical (unpaired) electrons. The zero-order valence-corrected chi connectivity index (χ0v) is 11.1. The van der Waals surface area contributed by atoms with Crippen molar-refractivity contribution in [1.29, 1.82) is 0 Å². The van der Waals surface area contributed by atoms with Gasteiger partial charge >= 0.3 is 0 Å². The molecule has 0 spiro atoms. The van der Waals surface area contributed by atoms with Crippen molar-refractivity contribution in [2.45, 2.75) is 43.6 Å². The maximum absolute atomic E-state index is 12.6. The van der Waals surface area contributed by atoms with E-state index in [4.69, 9.17) is 5.11 Å². The minimum Gasteiger partial charge on any atom is -0.396 e. The lowest BCUT2D eigenvalue weighted by atomic mass is 9.94.